The third-order valence-electron chi connectivity index (χ3n) is 5.36. The third-order valence-corrected chi connectivity index (χ3v) is 5.36. The SMILES string of the molecule is CCCCCC1CCC(C2CCC(=O)CC2)CC1. The van der Waals surface area contributed by atoms with Gasteiger partial charge in [0.2, 0.25) is 0 Å². The lowest BCUT2D eigenvalue weighted by molar-refractivity contribution is -0.121. The monoisotopic (exact) mass is 250 g/mol. The second kappa shape index (κ2) is 7.31. The van der Waals surface area contributed by atoms with Crippen LogP contribution in [0.25, 0.3) is 0 Å². The molecule has 0 atom stereocenters. The molecule has 0 saturated heterocycles. The first kappa shape index (κ1) is 14.1. The molecule has 18 heavy (non-hydrogen) atoms. The summed E-state index contributed by atoms with van der Waals surface area (Å²) in [7, 11) is 0. The van der Waals surface area contributed by atoms with Crippen LogP contribution in [0.5, 0.6) is 0 Å². The average molecular weight is 250 g/mol. The number of Topliss-reactive ketones (excluding diaryl/α,β-unsaturated/α-hetero) is 1. The van der Waals surface area contributed by atoms with E-state index in [0.29, 0.717) is 5.78 Å². The predicted molar refractivity (Wildman–Crippen MR) is 76.6 cm³/mol. The van der Waals surface area contributed by atoms with E-state index in [1.807, 2.05) is 0 Å². The lowest BCUT2D eigenvalue weighted by Gasteiger charge is -2.35. The summed E-state index contributed by atoms with van der Waals surface area (Å²) >= 11 is 0. The minimum absolute atomic E-state index is 0.513. The summed E-state index contributed by atoms with van der Waals surface area (Å²) in [5.74, 6) is 3.39. The Morgan fingerprint density at radius 3 is 2.11 bits per heavy atom. The molecule has 0 aromatic rings. The molecule has 2 aliphatic rings. The van der Waals surface area contributed by atoms with Crippen molar-refractivity contribution in [3.63, 3.8) is 0 Å². The summed E-state index contributed by atoms with van der Waals surface area (Å²) in [6.45, 7) is 2.29. The molecule has 0 amide bonds. The fraction of sp³-hybridized carbons (Fsp3) is 0.941. The molecule has 0 aromatic carbocycles. The Hall–Kier alpha value is -0.330. The fourth-order valence-electron chi connectivity index (χ4n) is 4.06. The zero-order chi connectivity index (χ0) is 12.8. The molecule has 2 fully saturated rings. The van der Waals surface area contributed by atoms with Crippen LogP contribution in [0, 0.1) is 17.8 Å². The van der Waals surface area contributed by atoms with E-state index in [4.69, 9.17) is 0 Å². The molecule has 0 bridgehead atoms. The Morgan fingerprint density at radius 2 is 1.50 bits per heavy atom. The van der Waals surface area contributed by atoms with E-state index in [0.717, 1.165) is 30.6 Å². The van der Waals surface area contributed by atoms with Crippen molar-refractivity contribution in [3.05, 3.63) is 0 Å². The maximum Gasteiger partial charge on any atom is 0.132 e. The van der Waals surface area contributed by atoms with Crippen molar-refractivity contribution in [1.29, 1.82) is 0 Å². The second-order valence-electron chi connectivity index (χ2n) is 6.65. The highest BCUT2D eigenvalue weighted by Gasteiger charge is 2.29. The number of carbonyl (C=O) groups is 1. The number of rotatable bonds is 5. The fourth-order valence-corrected chi connectivity index (χ4v) is 4.06. The number of hydrogen-bond donors (Lipinski definition) is 0. The molecule has 0 aliphatic heterocycles. The maximum atomic E-state index is 11.3. The van der Waals surface area contributed by atoms with Crippen LogP contribution in [0.2, 0.25) is 0 Å². The molecule has 2 rings (SSSR count). The van der Waals surface area contributed by atoms with Crippen LogP contribution in [0.3, 0.4) is 0 Å². The Kier molecular flexibility index (Phi) is 5.72. The van der Waals surface area contributed by atoms with Crippen molar-refractivity contribution in [2.45, 2.75) is 84.0 Å². The van der Waals surface area contributed by atoms with Crippen molar-refractivity contribution in [1.82, 2.24) is 0 Å². The van der Waals surface area contributed by atoms with Crippen molar-refractivity contribution in [2.75, 3.05) is 0 Å². The summed E-state index contributed by atoms with van der Waals surface area (Å²) in [4.78, 5) is 11.3. The van der Waals surface area contributed by atoms with Gasteiger partial charge >= 0.3 is 0 Å². The summed E-state index contributed by atoms with van der Waals surface area (Å²) < 4.78 is 0. The summed E-state index contributed by atoms with van der Waals surface area (Å²) in [5.41, 5.74) is 0. The van der Waals surface area contributed by atoms with Gasteiger partial charge in [-0.05, 0) is 43.4 Å². The van der Waals surface area contributed by atoms with Crippen LogP contribution < -0.4 is 0 Å². The van der Waals surface area contributed by atoms with E-state index < -0.39 is 0 Å². The second-order valence-corrected chi connectivity index (χ2v) is 6.65. The normalized spacial score (nSPS) is 30.6. The molecular weight excluding hydrogens is 220 g/mol. The molecule has 0 N–H and O–H groups in total. The molecule has 0 aromatic heterocycles. The Morgan fingerprint density at radius 1 is 0.889 bits per heavy atom. The first-order valence-corrected chi connectivity index (χ1v) is 8.31. The van der Waals surface area contributed by atoms with Crippen LogP contribution in [-0.4, -0.2) is 5.78 Å². The number of hydrogen-bond acceptors (Lipinski definition) is 1. The van der Waals surface area contributed by atoms with Gasteiger partial charge in [0.05, 0.1) is 0 Å². The lowest BCUT2D eigenvalue weighted by atomic mass is 9.70. The topological polar surface area (TPSA) is 17.1 Å². The molecule has 0 unspecified atom stereocenters. The molecule has 104 valence electrons. The van der Waals surface area contributed by atoms with Gasteiger partial charge in [0.15, 0.2) is 0 Å². The van der Waals surface area contributed by atoms with Crippen LogP contribution in [0.4, 0.5) is 0 Å². The first-order chi connectivity index (χ1) is 8.79. The molecule has 2 aliphatic carbocycles. The quantitative estimate of drug-likeness (QED) is 0.618. The van der Waals surface area contributed by atoms with E-state index in [2.05, 4.69) is 6.92 Å². The number of ketones is 1. The van der Waals surface area contributed by atoms with Crippen LogP contribution in [0.1, 0.15) is 84.0 Å². The average Bonchev–Trinajstić information content (AvgIpc) is 2.41. The largest absolute Gasteiger partial charge is 0.300 e. The van der Waals surface area contributed by atoms with Crippen molar-refractivity contribution >= 4 is 5.78 Å². The molecule has 1 nitrogen and oxygen atoms in total. The highest BCUT2D eigenvalue weighted by molar-refractivity contribution is 5.79. The summed E-state index contributed by atoms with van der Waals surface area (Å²) in [6.07, 6.45) is 15.7. The summed E-state index contributed by atoms with van der Waals surface area (Å²) in [6, 6.07) is 0. The van der Waals surface area contributed by atoms with Crippen molar-refractivity contribution in [3.8, 4) is 0 Å². The Balaban J connectivity index is 1.65. The first-order valence-electron chi connectivity index (χ1n) is 8.31. The van der Waals surface area contributed by atoms with E-state index in [-0.39, 0.29) is 0 Å². The predicted octanol–water partition coefficient (Wildman–Crippen LogP) is 5.13. The van der Waals surface area contributed by atoms with Gasteiger partial charge in [-0.3, -0.25) is 4.79 Å². The van der Waals surface area contributed by atoms with Crippen LogP contribution in [0.15, 0.2) is 0 Å². The van der Waals surface area contributed by atoms with Gasteiger partial charge in [0, 0.05) is 12.8 Å². The zero-order valence-corrected chi connectivity index (χ0v) is 12.1. The molecule has 1 heteroatoms. The van der Waals surface area contributed by atoms with Crippen molar-refractivity contribution < 1.29 is 4.79 Å². The third kappa shape index (κ3) is 4.10. The Labute approximate surface area is 113 Å². The van der Waals surface area contributed by atoms with E-state index >= 15 is 0 Å². The smallest absolute Gasteiger partial charge is 0.132 e. The van der Waals surface area contributed by atoms with E-state index in [1.165, 1.54) is 64.2 Å². The standard InChI is InChI=1S/C17H30O/c1-2-3-4-5-14-6-8-15(9-7-14)16-10-12-17(18)13-11-16/h14-16H,2-13H2,1H3. The van der Waals surface area contributed by atoms with Crippen LogP contribution in [-0.2, 0) is 4.79 Å². The van der Waals surface area contributed by atoms with Crippen molar-refractivity contribution in [2.24, 2.45) is 17.8 Å². The van der Waals surface area contributed by atoms with Gasteiger partial charge in [-0.15, -0.1) is 0 Å². The molecule has 2 saturated carbocycles. The van der Waals surface area contributed by atoms with E-state index in [9.17, 15) is 4.79 Å². The Bertz CT molecular complexity index is 240. The highest BCUT2D eigenvalue weighted by atomic mass is 16.1. The van der Waals surface area contributed by atoms with Gasteiger partial charge in [-0.1, -0.05) is 45.4 Å². The number of carbonyl (C=O) groups excluding carboxylic acids is 1. The minimum atomic E-state index is 0.513. The zero-order valence-electron chi connectivity index (χ0n) is 12.1. The summed E-state index contributed by atoms with van der Waals surface area (Å²) in [5, 5.41) is 0. The molecule has 0 heterocycles. The van der Waals surface area contributed by atoms with Gasteiger partial charge in [-0.2, -0.15) is 0 Å². The molecule has 0 radical (unpaired) electrons. The van der Waals surface area contributed by atoms with Gasteiger partial charge in [0.1, 0.15) is 5.78 Å². The van der Waals surface area contributed by atoms with Gasteiger partial charge in [-0.25, -0.2) is 0 Å². The van der Waals surface area contributed by atoms with E-state index in [1.54, 1.807) is 0 Å². The van der Waals surface area contributed by atoms with Gasteiger partial charge < -0.3 is 0 Å². The van der Waals surface area contributed by atoms with Crippen LogP contribution >= 0.6 is 0 Å². The molecule has 0 spiro atoms. The minimum Gasteiger partial charge on any atom is -0.300 e. The van der Waals surface area contributed by atoms with Gasteiger partial charge in [0.25, 0.3) is 0 Å². The lowest BCUT2D eigenvalue weighted by Crippen LogP contribution is -2.25. The number of unbranched alkanes of at least 4 members (excludes halogenated alkanes) is 2. The highest BCUT2D eigenvalue weighted by Crippen LogP contribution is 2.40. The maximum absolute atomic E-state index is 11.3. The molecular formula is C17H30O.